The average Bonchev–Trinajstić information content (AvgIpc) is 3.26. The molecule has 1 saturated heterocycles. The molecule has 2 aromatic rings. The van der Waals surface area contributed by atoms with Crippen LogP contribution in [0.4, 0.5) is 5.69 Å². The smallest absolute Gasteiger partial charge is 0.227 e. The first kappa shape index (κ1) is 19.1. The third-order valence-electron chi connectivity index (χ3n) is 4.96. The second-order valence-electron chi connectivity index (χ2n) is 7.74. The highest BCUT2D eigenvalue weighted by Gasteiger charge is 2.35. The van der Waals surface area contributed by atoms with E-state index in [1.165, 1.54) is 5.56 Å². The van der Waals surface area contributed by atoms with Gasteiger partial charge in [-0.1, -0.05) is 45.0 Å². The highest BCUT2D eigenvalue weighted by atomic mass is 16.5. The van der Waals surface area contributed by atoms with Crippen LogP contribution in [0.5, 0.6) is 0 Å². The fraction of sp³-hybridized carbons (Fsp3) is 0.476. The monoisotopic (exact) mass is 369 g/mol. The molecule has 0 radical (unpaired) electrons. The Morgan fingerprint density at radius 2 is 1.93 bits per heavy atom. The van der Waals surface area contributed by atoms with Crippen molar-refractivity contribution in [1.82, 2.24) is 10.5 Å². The van der Waals surface area contributed by atoms with Crippen molar-refractivity contribution < 1.29 is 14.1 Å². The lowest BCUT2D eigenvalue weighted by atomic mass is 10.0. The number of nitrogens with one attached hydrogen (secondary N) is 1. The summed E-state index contributed by atoms with van der Waals surface area (Å²) < 4.78 is 5.24. The van der Waals surface area contributed by atoms with Crippen molar-refractivity contribution in [3.8, 4) is 0 Å². The van der Waals surface area contributed by atoms with Crippen LogP contribution in [0.2, 0.25) is 0 Å². The first-order valence-corrected chi connectivity index (χ1v) is 9.48. The van der Waals surface area contributed by atoms with E-state index in [4.69, 9.17) is 4.52 Å². The zero-order chi connectivity index (χ0) is 19.6. The predicted octanol–water partition coefficient (Wildman–Crippen LogP) is 3.59. The van der Waals surface area contributed by atoms with Crippen LogP contribution < -0.4 is 10.2 Å². The molecule has 1 atom stereocenters. The zero-order valence-electron chi connectivity index (χ0n) is 16.4. The molecule has 1 unspecified atom stereocenters. The summed E-state index contributed by atoms with van der Waals surface area (Å²) in [6.07, 6.45) is 0.230. The summed E-state index contributed by atoms with van der Waals surface area (Å²) in [4.78, 5) is 26.6. The van der Waals surface area contributed by atoms with E-state index in [-0.39, 0.29) is 30.1 Å². The number of benzene rings is 1. The largest absolute Gasteiger partial charge is 0.361 e. The van der Waals surface area contributed by atoms with Crippen LogP contribution in [0, 0.1) is 5.92 Å². The van der Waals surface area contributed by atoms with Gasteiger partial charge in [0.2, 0.25) is 11.8 Å². The van der Waals surface area contributed by atoms with Gasteiger partial charge in [-0.05, 0) is 23.6 Å². The molecule has 1 aromatic heterocycles. The van der Waals surface area contributed by atoms with Crippen LogP contribution in [-0.2, 0) is 16.1 Å². The Labute approximate surface area is 159 Å². The van der Waals surface area contributed by atoms with E-state index in [1.54, 1.807) is 4.90 Å². The zero-order valence-corrected chi connectivity index (χ0v) is 16.4. The molecular weight excluding hydrogens is 342 g/mol. The number of nitrogens with zero attached hydrogens (tertiary/aromatic N) is 2. The normalized spacial score (nSPS) is 17.2. The van der Waals surface area contributed by atoms with E-state index in [2.05, 4.69) is 24.3 Å². The van der Waals surface area contributed by atoms with Crippen LogP contribution in [0.15, 0.2) is 34.9 Å². The Kier molecular flexibility index (Phi) is 5.63. The van der Waals surface area contributed by atoms with Crippen LogP contribution in [0.3, 0.4) is 0 Å². The highest BCUT2D eigenvalue weighted by Crippen LogP contribution is 2.27. The van der Waals surface area contributed by atoms with Gasteiger partial charge in [0, 0.05) is 30.6 Å². The van der Waals surface area contributed by atoms with Crippen LogP contribution >= 0.6 is 0 Å². The molecule has 144 valence electrons. The quantitative estimate of drug-likeness (QED) is 0.844. The molecule has 0 bridgehead atoms. The average molecular weight is 369 g/mol. The number of anilines is 1. The number of carbonyl (C=O) groups excluding carboxylic acids is 2. The van der Waals surface area contributed by atoms with E-state index >= 15 is 0 Å². The molecule has 2 amide bonds. The molecule has 1 aliphatic rings. The van der Waals surface area contributed by atoms with Gasteiger partial charge in [-0.25, -0.2) is 0 Å². The molecule has 6 heteroatoms. The lowest BCUT2D eigenvalue weighted by Crippen LogP contribution is -2.32. The van der Waals surface area contributed by atoms with Gasteiger partial charge >= 0.3 is 0 Å². The molecule has 6 nitrogen and oxygen atoms in total. The standard InChI is InChI=1S/C21H27N3O3/c1-13(2)15-5-7-18(8-6-15)24-12-16(9-20(24)25)21(26)22-11-17-10-19(14(3)4)27-23-17/h5-8,10,13-14,16H,9,11-12H2,1-4H3,(H,22,26). The molecular formula is C21H27N3O3. The van der Waals surface area contributed by atoms with Gasteiger partial charge in [0.15, 0.2) is 0 Å². The van der Waals surface area contributed by atoms with Gasteiger partial charge in [-0.15, -0.1) is 0 Å². The lowest BCUT2D eigenvalue weighted by Gasteiger charge is -2.17. The summed E-state index contributed by atoms with van der Waals surface area (Å²) in [5.74, 6) is 1.00. The predicted molar refractivity (Wildman–Crippen MR) is 103 cm³/mol. The molecule has 1 aliphatic heterocycles. The van der Waals surface area contributed by atoms with Crippen molar-refractivity contribution in [2.24, 2.45) is 5.92 Å². The molecule has 1 fully saturated rings. The summed E-state index contributed by atoms with van der Waals surface area (Å²) in [5.41, 5.74) is 2.77. The molecule has 1 aromatic carbocycles. The Morgan fingerprint density at radius 1 is 1.22 bits per heavy atom. The third-order valence-corrected chi connectivity index (χ3v) is 4.96. The number of carbonyl (C=O) groups is 2. The lowest BCUT2D eigenvalue weighted by molar-refractivity contribution is -0.126. The van der Waals surface area contributed by atoms with E-state index in [0.717, 1.165) is 11.4 Å². The first-order valence-electron chi connectivity index (χ1n) is 9.48. The maximum absolute atomic E-state index is 12.5. The number of amides is 2. The van der Waals surface area contributed by atoms with E-state index in [1.807, 2.05) is 44.2 Å². The van der Waals surface area contributed by atoms with Crippen molar-refractivity contribution in [1.29, 1.82) is 0 Å². The Morgan fingerprint density at radius 3 is 2.52 bits per heavy atom. The van der Waals surface area contributed by atoms with Crippen molar-refractivity contribution in [2.45, 2.75) is 52.5 Å². The Bertz CT molecular complexity index is 808. The number of rotatable bonds is 6. The molecule has 0 spiro atoms. The van der Waals surface area contributed by atoms with Gasteiger partial charge in [0.1, 0.15) is 11.5 Å². The topological polar surface area (TPSA) is 75.4 Å². The van der Waals surface area contributed by atoms with E-state index < -0.39 is 0 Å². The van der Waals surface area contributed by atoms with Gasteiger partial charge in [0.25, 0.3) is 0 Å². The maximum atomic E-state index is 12.5. The fourth-order valence-corrected chi connectivity index (χ4v) is 3.18. The second kappa shape index (κ2) is 7.94. The summed E-state index contributed by atoms with van der Waals surface area (Å²) in [7, 11) is 0. The van der Waals surface area contributed by atoms with Gasteiger partial charge in [0.05, 0.1) is 12.5 Å². The number of hydrogen-bond donors (Lipinski definition) is 1. The molecule has 3 rings (SSSR count). The summed E-state index contributed by atoms with van der Waals surface area (Å²) in [6.45, 7) is 9.03. The second-order valence-corrected chi connectivity index (χ2v) is 7.74. The molecule has 27 heavy (non-hydrogen) atoms. The SMILES string of the molecule is CC(C)c1ccc(N2CC(C(=O)NCc3cc(C(C)C)on3)CC2=O)cc1. The maximum Gasteiger partial charge on any atom is 0.227 e. The fourth-order valence-electron chi connectivity index (χ4n) is 3.18. The Balaban J connectivity index is 1.58. The molecule has 0 saturated carbocycles. The summed E-state index contributed by atoms with van der Waals surface area (Å²) in [5, 5.41) is 6.84. The van der Waals surface area contributed by atoms with Crippen molar-refractivity contribution in [3.05, 3.63) is 47.3 Å². The minimum absolute atomic E-state index is 0.0176. The van der Waals surface area contributed by atoms with Crippen molar-refractivity contribution in [2.75, 3.05) is 11.4 Å². The third kappa shape index (κ3) is 4.38. The minimum Gasteiger partial charge on any atom is -0.361 e. The van der Waals surface area contributed by atoms with Crippen molar-refractivity contribution in [3.63, 3.8) is 0 Å². The van der Waals surface area contributed by atoms with Gasteiger partial charge in [-0.2, -0.15) is 0 Å². The minimum atomic E-state index is -0.348. The van der Waals surface area contributed by atoms with Crippen LogP contribution in [0.1, 0.15) is 63.0 Å². The van der Waals surface area contributed by atoms with Crippen molar-refractivity contribution >= 4 is 17.5 Å². The van der Waals surface area contributed by atoms with E-state index in [0.29, 0.717) is 24.7 Å². The summed E-state index contributed by atoms with van der Waals surface area (Å²) >= 11 is 0. The van der Waals surface area contributed by atoms with Crippen LogP contribution in [0.25, 0.3) is 0 Å². The van der Waals surface area contributed by atoms with Gasteiger partial charge < -0.3 is 14.7 Å². The summed E-state index contributed by atoms with van der Waals surface area (Å²) in [6, 6.07) is 9.84. The molecule has 0 aliphatic carbocycles. The number of aromatic nitrogens is 1. The van der Waals surface area contributed by atoms with Crippen LogP contribution in [-0.4, -0.2) is 23.5 Å². The number of hydrogen-bond acceptors (Lipinski definition) is 4. The molecule has 2 heterocycles. The Hall–Kier alpha value is -2.63. The molecule has 1 N–H and O–H groups in total. The van der Waals surface area contributed by atoms with E-state index in [9.17, 15) is 9.59 Å². The van der Waals surface area contributed by atoms with Gasteiger partial charge in [-0.3, -0.25) is 9.59 Å². The highest BCUT2D eigenvalue weighted by molar-refractivity contribution is 6.00. The first-order chi connectivity index (χ1) is 12.8.